The van der Waals surface area contributed by atoms with E-state index in [0.29, 0.717) is 18.8 Å². The number of hydrogen-bond acceptors (Lipinski definition) is 4. The number of nitrogens with zero attached hydrogens (tertiary/aromatic N) is 5. The Kier molecular flexibility index (Phi) is 5.40. The summed E-state index contributed by atoms with van der Waals surface area (Å²) in [7, 11) is 1.90. The lowest BCUT2D eigenvalue weighted by Gasteiger charge is -2.11. The summed E-state index contributed by atoms with van der Waals surface area (Å²) in [6.45, 7) is 0.783. The molecule has 0 atom stereocenters. The summed E-state index contributed by atoms with van der Waals surface area (Å²) in [6.07, 6.45) is 6.95. The highest BCUT2D eigenvalue weighted by molar-refractivity contribution is 6.05. The number of imidazole rings is 1. The fourth-order valence-corrected chi connectivity index (χ4v) is 3.88. The number of halogens is 1. The highest BCUT2D eigenvalue weighted by atomic mass is 19.1. The van der Waals surface area contributed by atoms with Crippen LogP contribution >= 0.6 is 0 Å². The molecule has 0 radical (unpaired) electrons. The van der Waals surface area contributed by atoms with Crippen LogP contribution in [-0.4, -0.2) is 36.8 Å². The highest BCUT2D eigenvalue weighted by Gasteiger charge is 2.19. The van der Waals surface area contributed by atoms with Crippen LogP contribution in [0.3, 0.4) is 0 Å². The molecule has 3 aromatic heterocycles. The lowest BCUT2D eigenvalue weighted by molar-refractivity contribution is 0.0949. The van der Waals surface area contributed by atoms with Gasteiger partial charge < -0.3 is 9.88 Å². The molecule has 1 N–H and O–H groups in total. The molecule has 0 aliphatic rings. The van der Waals surface area contributed by atoms with Crippen molar-refractivity contribution in [3.8, 4) is 22.6 Å². The number of pyridine rings is 1. The van der Waals surface area contributed by atoms with E-state index in [4.69, 9.17) is 0 Å². The number of aryl methyl sites for hydroxylation is 1. The first-order valence-corrected chi connectivity index (χ1v) is 10.5. The predicted molar refractivity (Wildman–Crippen MR) is 124 cm³/mol. The molecule has 0 bridgehead atoms. The molecule has 0 fully saturated rings. The van der Waals surface area contributed by atoms with Gasteiger partial charge in [-0.2, -0.15) is 5.10 Å². The van der Waals surface area contributed by atoms with E-state index in [1.807, 2.05) is 48.1 Å². The van der Waals surface area contributed by atoms with Crippen molar-refractivity contribution in [2.75, 3.05) is 6.54 Å². The van der Waals surface area contributed by atoms with Crippen molar-refractivity contribution in [3.05, 3.63) is 90.9 Å². The summed E-state index contributed by atoms with van der Waals surface area (Å²) < 4.78 is 17.1. The second-order valence-corrected chi connectivity index (χ2v) is 7.64. The highest BCUT2D eigenvalue weighted by Crippen LogP contribution is 2.31. The lowest BCUT2D eigenvalue weighted by Crippen LogP contribution is -2.28. The molecule has 2 aromatic carbocycles. The number of hydrogen-bond donors (Lipinski definition) is 1. The van der Waals surface area contributed by atoms with Crippen LogP contribution in [0.5, 0.6) is 0 Å². The van der Waals surface area contributed by atoms with Gasteiger partial charge in [0, 0.05) is 43.1 Å². The van der Waals surface area contributed by atoms with Gasteiger partial charge in [0.25, 0.3) is 5.91 Å². The van der Waals surface area contributed by atoms with Crippen molar-refractivity contribution in [3.63, 3.8) is 0 Å². The number of amides is 1. The third-order valence-electron chi connectivity index (χ3n) is 5.53. The van der Waals surface area contributed by atoms with Gasteiger partial charge in [-0.25, -0.2) is 9.37 Å². The van der Waals surface area contributed by atoms with Crippen molar-refractivity contribution in [1.82, 2.24) is 29.6 Å². The summed E-state index contributed by atoms with van der Waals surface area (Å²) in [6, 6.07) is 15.8. The van der Waals surface area contributed by atoms with Crippen molar-refractivity contribution in [2.45, 2.75) is 6.54 Å². The normalized spacial score (nSPS) is 11.1. The zero-order valence-corrected chi connectivity index (χ0v) is 17.9. The van der Waals surface area contributed by atoms with Crippen LogP contribution in [0.4, 0.5) is 4.39 Å². The van der Waals surface area contributed by atoms with Gasteiger partial charge in [0.1, 0.15) is 17.2 Å². The van der Waals surface area contributed by atoms with E-state index in [2.05, 4.69) is 20.4 Å². The van der Waals surface area contributed by atoms with Crippen LogP contribution in [0.25, 0.3) is 33.4 Å². The number of aromatic nitrogens is 5. The zero-order chi connectivity index (χ0) is 22.8. The van der Waals surface area contributed by atoms with E-state index in [1.54, 1.807) is 35.4 Å². The SMILES string of the molecule is Cn1ccnc1-c1c(-c2ccc(F)cc2)cnn1CCNC(=O)c1nccc2ccccc12. The molecule has 8 heteroatoms. The molecule has 3 heterocycles. The Morgan fingerprint density at radius 1 is 1.03 bits per heavy atom. The zero-order valence-electron chi connectivity index (χ0n) is 17.9. The van der Waals surface area contributed by atoms with E-state index in [-0.39, 0.29) is 11.7 Å². The maximum atomic E-state index is 13.4. The van der Waals surface area contributed by atoms with Gasteiger partial charge in [-0.1, -0.05) is 36.4 Å². The summed E-state index contributed by atoms with van der Waals surface area (Å²) in [5.74, 6) is 0.194. The van der Waals surface area contributed by atoms with E-state index >= 15 is 0 Å². The average Bonchev–Trinajstić information content (AvgIpc) is 3.44. The minimum absolute atomic E-state index is 0.240. The van der Waals surface area contributed by atoms with Crippen molar-refractivity contribution in [1.29, 1.82) is 0 Å². The van der Waals surface area contributed by atoms with Gasteiger partial charge >= 0.3 is 0 Å². The number of carbonyl (C=O) groups is 1. The van der Waals surface area contributed by atoms with Crippen molar-refractivity contribution < 1.29 is 9.18 Å². The molecule has 5 aromatic rings. The lowest BCUT2D eigenvalue weighted by atomic mass is 10.1. The number of carbonyl (C=O) groups excluding carboxylic acids is 1. The van der Waals surface area contributed by atoms with Gasteiger partial charge in [0.05, 0.1) is 12.7 Å². The fraction of sp³-hybridized carbons (Fsp3) is 0.120. The van der Waals surface area contributed by atoms with Crippen LogP contribution in [0.1, 0.15) is 10.5 Å². The first-order chi connectivity index (χ1) is 16.1. The van der Waals surface area contributed by atoms with Crippen LogP contribution in [0.15, 0.2) is 79.4 Å². The molecule has 0 saturated heterocycles. The minimum atomic E-state index is -0.297. The second-order valence-electron chi connectivity index (χ2n) is 7.64. The van der Waals surface area contributed by atoms with Crippen LogP contribution in [-0.2, 0) is 13.6 Å². The Morgan fingerprint density at radius 2 is 1.85 bits per heavy atom. The van der Waals surface area contributed by atoms with Gasteiger partial charge in [0.2, 0.25) is 0 Å². The molecule has 164 valence electrons. The summed E-state index contributed by atoms with van der Waals surface area (Å²) in [4.78, 5) is 21.6. The maximum Gasteiger partial charge on any atom is 0.270 e. The average molecular weight is 440 g/mol. The molecule has 1 amide bonds. The van der Waals surface area contributed by atoms with Gasteiger partial charge in [0.15, 0.2) is 5.82 Å². The molecule has 33 heavy (non-hydrogen) atoms. The Hall–Kier alpha value is -4.33. The van der Waals surface area contributed by atoms with E-state index < -0.39 is 0 Å². The largest absolute Gasteiger partial charge is 0.349 e. The predicted octanol–water partition coefficient (Wildman–Crippen LogP) is 4.07. The molecular formula is C25H21FN6O. The fourth-order valence-electron chi connectivity index (χ4n) is 3.88. The van der Waals surface area contributed by atoms with E-state index in [0.717, 1.165) is 33.4 Å². The minimum Gasteiger partial charge on any atom is -0.349 e. The second kappa shape index (κ2) is 8.66. The van der Waals surface area contributed by atoms with Crippen molar-refractivity contribution >= 4 is 16.7 Å². The van der Waals surface area contributed by atoms with Gasteiger partial charge in [-0.05, 0) is 29.1 Å². The first-order valence-electron chi connectivity index (χ1n) is 10.5. The number of rotatable bonds is 6. The topological polar surface area (TPSA) is 77.6 Å². The van der Waals surface area contributed by atoms with Gasteiger partial charge in [-0.3, -0.25) is 14.5 Å². The standard InChI is InChI=1S/C25H21FN6O/c1-31-14-12-28-24(31)23-21(18-6-8-19(26)9-7-18)16-30-32(23)15-13-29-25(33)22-20-5-3-2-4-17(20)10-11-27-22/h2-12,14,16H,13,15H2,1H3,(H,29,33). The van der Waals surface area contributed by atoms with E-state index in [9.17, 15) is 9.18 Å². The third kappa shape index (κ3) is 3.98. The molecule has 0 saturated carbocycles. The number of benzene rings is 2. The Morgan fingerprint density at radius 3 is 2.64 bits per heavy atom. The van der Waals surface area contributed by atoms with Crippen LogP contribution in [0.2, 0.25) is 0 Å². The molecule has 0 unspecified atom stereocenters. The molecule has 5 rings (SSSR count). The Labute approximate surface area is 189 Å². The maximum absolute atomic E-state index is 13.4. The molecule has 0 aliphatic heterocycles. The summed E-state index contributed by atoms with van der Waals surface area (Å²) in [5.41, 5.74) is 2.87. The van der Waals surface area contributed by atoms with Crippen LogP contribution in [0, 0.1) is 5.82 Å². The smallest absolute Gasteiger partial charge is 0.270 e. The van der Waals surface area contributed by atoms with Gasteiger partial charge in [-0.15, -0.1) is 0 Å². The number of nitrogens with one attached hydrogen (secondary N) is 1. The third-order valence-corrected chi connectivity index (χ3v) is 5.53. The quantitative estimate of drug-likeness (QED) is 0.432. The molecule has 7 nitrogen and oxygen atoms in total. The van der Waals surface area contributed by atoms with Crippen molar-refractivity contribution in [2.24, 2.45) is 7.05 Å². The Bertz CT molecular complexity index is 1430. The summed E-state index contributed by atoms with van der Waals surface area (Å²) in [5, 5.41) is 9.25. The van der Waals surface area contributed by atoms with E-state index in [1.165, 1.54) is 12.1 Å². The molecule has 0 spiro atoms. The van der Waals surface area contributed by atoms with Crippen LogP contribution < -0.4 is 5.32 Å². The molecule has 0 aliphatic carbocycles. The number of fused-ring (bicyclic) bond motifs is 1. The summed E-state index contributed by atoms with van der Waals surface area (Å²) >= 11 is 0. The molecular weight excluding hydrogens is 419 g/mol. The monoisotopic (exact) mass is 440 g/mol. The Balaban J connectivity index is 1.40. The first kappa shape index (κ1) is 20.6.